The molecule has 1 aliphatic carbocycles. The number of halogens is 3. The SMILES string of the molecule is CC(CN)(Nc1ccc([N+](=O)[O-])cc1C(F)(F)F)C1CC1. The third-order valence-electron chi connectivity index (χ3n) is 3.84. The van der Waals surface area contributed by atoms with Crippen LogP contribution in [0.25, 0.3) is 0 Å². The van der Waals surface area contributed by atoms with Crippen LogP contribution in [0, 0.1) is 16.0 Å². The molecule has 1 aromatic rings. The zero-order chi connectivity index (χ0) is 15.8. The molecule has 0 spiro atoms. The van der Waals surface area contributed by atoms with Crippen LogP contribution in [-0.4, -0.2) is 17.0 Å². The summed E-state index contributed by atoms with van der Waals surface area (Å²) >= 11 is 0. The number of nitro benzene ring substituents is 1. The number of rotatable bonds is 5. The van der Waals surface area contributed by atoms with Crippen molar-refractivity contribution in [3.63, 3.8) is 0 Å². The molecule has 0 aliphatic heterocycles. The van der Waals surface area contributed by atoms with Crippen molar-refractivity contribution in [2.75, 3.05) is 11.9 Å². The number of non-ortho nitro benzene ring substituents is 1. The lowest BCUT2D eigenvalue weighted by atomic mass is 9.94. The number of nitrogens with one attached hydrogen (secondary N) is 1. The molecule has 0 bridgehead atoms. The van der Waals surface area contributed by atoms with Gasteiger partial charge in [-0.25, -0.2) is 0 Å². The molecule has 0 heterocycles. The summed E-state index contributed by atoms with van der Waals surface area (Å²) in [6, 6.07) is 2.70. The van der Waals surface area contributed by atoms with Gasteiger partial charge >= 0.3 is 6.18 Å². The Labute approximate surface area is 119 Å². The standard InChI is InChI=1S/C13H16F3N3O2/c1-12(7-17,8-2-3-8)18-11-5-4-9(19(20)21)6-10(11)13(14,15)16/h4-6,8,18H,2-3,7,17H2,1H3. The van der Waals surface area contributed by atoms with E-state index in [-0.39, 0.29) is 18.2 Å². The second-order valence-electron chi connectivity index (χ2n) is 5.51. The summed E-state index contributed by atoms with van der Waals surface area (Å²) in [6.07, 6.45) is -2.85. The molecular formula is C13H16F3N3O2. The molecule has 5 nitrogen and oxygen atoms in total. The molecule has 8 heteroatoms. The molecule has 1 aromatic carbocycles. The van der Waals surface area contributed by atoms with Crippen LogP contribution in [0.3, 0.4) is 0 Å². The maximum absolute atomic E-state index is 13.1. The van der Waals surface area contributed by atoms with E-state index in [0.29, 0.717) is 6.07 Å². The van der Waals surface area contributed by atoms with Crippen LogP contribution in [-0.2, 0) is 6.18 Å². The fourth-order valence-corrected chi connectivity index (χ4v) is 2.34. The predicted molar refractivity (Wildman–Crippen MR) is 71.9 cm³/mol. The molecule has 1 fully saturated rings. The average molecular weight is 303 g/mol. The van der Waals surface area contributed by atoms with Gasteiger partial charge in [-0.1, -0.05) is 0 Å². The van der Waals surface area contributed by atoms with Crippen molar-refractivity contribution in [2.45, 2.75) is 31.5 Å². The second kappa shape index (κ2) is 5.18. The van der Waals surface area contributed by atoms with Gasteiger partial charge in [-0.15, -0.1) is 0 Å². The molecule has 0 aromatic heterocycles. The molecule has 0 radical (unpaired) electrons. The number of hydrogen-bond acceptors (Lipinski definition) is 4. The number of nitro groups is 1. The highest BCUT2D eigenvalue weighted by atomic mass is 19.4. The highest BCUT2D eigenvalue weighted by molar-refractivity contribution is 5.59. The summed E-state index contributed by atoms with van der Waals surface area (Å²) < 4.78 is 39.3. The highest BCUT2D eigenvalue weighted by Crippen LogP contribution is 2.43. The summed E-state index contributed by atoms with van der Waals surface area (Å²) in [6.45, 7) is 1.96. The third-order valence-corrected chi connectivity index (χ3v) is 3.84. The van der Waals surface area contributed by atoms with E-state index in [1.165, 1.54) is 0 Å². The topological polar surface area (TPSA) is 81.2 Å². The quantitative estimate of drug-likeness (QED) is 0.646. The smallest absolute Gasteiger partial charge is 0.378 e. The summed E-state index contributed by atoms with van der Waals surface area (Å²) in [5.74, 6) is 0.221. The van der Waals surface area contributed by atoms with Crippen LogP contribution >= 0.6 is 0 Å². The van der Waals surface area contributed by atoms with Crippen LogP contribution < -0.4 is 11.1 Å². The first-order valence-electron chi connectivity index (χ1n) is 6.51. The van der Waals surface area contributed by atoms with Gasteiger partial charge in [0.05, 0.1) is 10.5 Å². The van der Waals surface area contributed by atoms with Gasteiger partial charge in [0, 0.05) is 29.9 Å². The van der Waals surface area contributed by atoms with E-state index in [0.717, 1.165) is 25.0 Å². The molecule has 0 saturated heterocycles. The molecule has 1 saturated carbocycles. The summed E-state index contributed by atoms with van der Waals surface area (Å²) in [5, 5.41) is 13.5. The number of benzene rings is 1. The van der Waals surface area contributed by atoms with Gasteiger partial charge in [-0.05, 0) is 31.7 Å². The molecule has 2 rings (SSSR count). The van der Waals surface area contributed by atoms with E-state index in [9.17, 15) is 23.3 Å². The minimum Gasteiger partial charge on any atom is -0.378 e. The third kappa shape index (κ3) is 3.26. The van der Waals surface area contributed by atoms with E-state index >= 15 is 0 Å². The minimum atomic E-state index is -4.67. The van der Waals surface area contributed by atoms with Crippen molar-refractivity contribution < 1.29 is 18.1 Å². The van der Waals surface area contributed by atoms with Crippen molar-refractivity contribution in [3.05, 3.63) is 33.9 Å². The lowest BCUT2D eigenvalue weighted by Crippen LogP contribution is -2.45. The van der Waals surface area contributed by atoms with Crippen molar-refractivity contribution in [2.24, 2.45) is 11.7 Å². The first kappa shape index (κ1) is 15.6. The van der Waals surface area contributed by atoms with Crippen LogP contribution in [0.5, 0.6) is 0 Å². The maximum atomic E-state index is 13.1. The average Bonchev–Trinajstić information content (AvgIpc) is 3.22. The van der Waals surface area contributed by atoms with E-state index in [2.05, 4.69) is 5.32 Å². The van der Waals surface area contributed by atoms with Gasteiger partial charge in [0.15, 0.2) is 0 Å². The molecule has 1 aliphatic rings. The molecule has 1 unspecified atom stereocenters. The van der Waals surface area contributed by atoms with Crippen molar-refractivity contribution in [1.29, 1.82) is 0 Å². The summed E-state index contributed by atoms with van der Waals surface area (Å²) in [5.41, 5.74) is 3.23. The Kier molecular flexibility index (Phi) is 3.83. The molecular weight excluding hydrogens is 287 g/mol. The van der Waals surface area contributed by atoms with Gasteiger partial charge in [0.25, 0.3) is 5.69 Å². The number of anilines is 1. The van der Waals surface area contributed by atoms with Gasteiger partial charge in [-0.3, -0.25) is 10.1 Å². The highest BCUT2D eigenvalue weighted by Gasteiger charge is 2.43. The van der Waals surface area contributed by atoms with Crippen molar-refractivity contribution in [3.8, 4) is 0 Å². The monoisotopic (exact) mass is 303 g/mol. The Morgan fingerprint density at radius 2 is 2.05 bits per heavy atom. The van der Waals surface area contributed by atoms with E-state index in [1.54, 1.807) is 6.92 Å². The molecule has 116 valence electrons. The van der Waals surface area contributed by atoms with Crippen LogP contribution in [0.4, 0.5) is 24.5 Å². The largest absolute Gasteiger partial charge is 0.418 e. The van der Waals surface area contributed by atoms with Crippen molar-refractivity contribution in [1.82, 2.24) is 0 Å². The molecule has 0 amide bonds. The molecule has 3 N–H and O–H groups in total. The van der Waals surface area contributed by atoms with Gasteiger partial charge in [0.1, 0.15) is 0 Å². The predicted octanol–water partition coefficient (Wildman–Crippen LogP) is 3.15. The van der Waals surface area contributed by atoms with Crippen molar-refractivity contribution >= 4 is 11.4 Å². The summed E-state index contributed by atoms with van der Waals surface area (Å²) in [4.78, 5) is 9.80. The lowest BCUT2D eigenvalue weighted by molar-refractivity contribution is -0.385. The van der Waals surface area contributed by atoms with Gasteiger partial charge in [0.2, 0.25) is 0 Å². The molecule has 21 heavy (non-hydrogen) atoms. The number of hydrogen-bond donors (Lipinski definition) is 2. The van der Waals surface area contributed by atoms with E-state index < -0.39 is 27.9 Å². The number of alkyl halides is 3. The minimum absolute atomic E-state index is 0.173. The van der Waals surface area contributed by atoms with Crippen LogP contribution in [0.1, 0.15) is 25.3 Å². The van der Waals surface area contributed by atoms with Gasteiger partial charge in [-0.2, -0.15) is 13.2 Å². The number of nitrogens with two attached hydrogens (primary N) is 1. The van der Waals surface area contributed by atoms with E-state index in [1.807, 2.05) is 0 Å². The fraction of sp³-hybridized carbons (Fsp3) is 0.538. The first-order valence-corrected chi connectivity index (χ1v) is 6.51. The van der Waals surface area contributed by atoms with Crippen LogP contribution in [0.15, 0.2) is 18.2 Å². The maximum Gasteiger partial charge on any atom is 0.418 e. The molecule has 1 atom stereocenters. The number of nitrogens with zero attached hydrogens (tertiary/aromatic N) is 1. The Hall–Kier alpha value is -1.83. The lowest BCUT2D eigenvalue weighted by Gasteiger charge is -2.32. The summed E-state index contributed by atoms with van der Waals surface area (Å²) in [7, 11) is 0. The van der Waals surface area contributed by atoms with E-state index in [4.69, 9.17) is 5.73 Å². The fourth-order valence-electron chi connectivity index (χ4n) is 2.34. The Morgan fingerprint density at radius 3 is 2.48 bits per heavy atom. The van der Waals surface area contributed by atoms with Gasteiger partial charge < -0.3 is 11.1 Å². The normalized spacial score (nSPS) is 18.1. The Balaban J connectivity index is 2.40. The first-order chi connectivity index (χ1) is 9.67. The zero-order valence-electron chi connectivity index (χ0n) is 11.4. The zero-order valence-corrected chi connectivity index (χ0v) is 11.4. The Morgan fingerprint density at radius 1 is 1.43 bits per heavy atom. The Bertz CT molecular complexity index is 558. The van der Waals surface area contributed by atoms with Crippen LogP contribution in [0.2, 0.25) is 0 Å². The second-order valence-corrected chi connectivity index (χ2v) is 5.51.